The lowest BCUT2D eigenvalue weighted by molar-refractivity contribution is 0.0624. The van der Waals surface area contributed by atoms with Crippen LogP contribution in [0.2, 0.25) is 0 Å². The van der Waals surface area contributed by atoms with Crippen LogP contribution in [0.4, 0.5) is 21.0 Å². The Morgan fingerprint density at radius 3 is 1.23 bits per heavy atom. The SMILES string of the molecule is CC.CC.CC(C)(C)OC(=O)Nc1cccc(-c2nc(C(=O)O)cs2)c1.CC(C)(C)OC(=O)Nc1cccc(-c2nc(C(=O)O)cs2)c1. The number of carboxylic acids is 2. The third-order valence-corrected chi connectivity index (χ3v) is 6.74. The molecule has 2 heterocycles. The second kappa shape index (κ2) is 19.1. The lowest BCUT2D eigenvalue weighted by Gasteiger charge is -2.19. The van der Waals surface area contributed by atoms with Gasteiger partial charge in [-0.2, -0.15) is 0 Å². The number of hydrogen-bond acceptors (Lipinski definition) is 10. The number of anilines is 2. The van der Waals surface area contributed by atoms with E-state index in [0.717, 1.165) is 11.1 Å². The molecule has 0 bridgehead atoms. The lowest BCUT2D eigenvalue weighted by atomic mass is 10.2. The molecule has 0 radical (unpaired) electrons. The van der Waals surface area contributed by atoms with E-state index >= 15 is 0 Å². The van der Waals surface area contributed by atoms with Crippen molar-refractivity contribution in [2.75, 3.05) is 10.6 Å². The van der Waals surface area contributed by atoms with E-state index in [4.69, 9.17) is 19.7 Å². The number of hydrogen-bond donors (Lipinski definition) is 4. The van der Waals surface area contributed by atoms with Gasteiger partial charge in [-0.05, 0) is 65.8 Å². The average Bonchev–Trinajstić information content (AvgIpc) is 3.69. The molecule has 0 fully saturated rings. The molecule has 14 heteroatoms. The summed E-state index contributed by atoms with van der Waals surface area (Å²) in [5.74, 6) is -2.13. The molecule has 4 rings (SSSR count). The quantitative estimate of drug-likeness (QED) is 0.151. The van der Waals surface area contributed by atoms with E-state index in [1.165, 1.54) is 33.4 Å². The number of carbonyl (C=O) groups is 4. The summed E-state index contributed by atoms with van der Waals surface area (Å²) in [6, 6.07) is 14.0. The van der Waals surface area contributed by atoms with E-state index in [1.54, 1.807) is 90.1 Å². The van der Waals surface area contributed by atoms with Gasteiger partial charge in [0.15, 0.2) is 11.4 Å². The van der Waals surface area contributed by atoms with Gasteiger partial charge in [-0.1, -0.05) is 52.0 Å². The molecular formula is C34H44N4O8S2. The van der Waals surface area contributed by atoms with E-state index in [9.17, 15) is 19.2 Å². The number of benzene rings is 2. The topological polar surface area (TPSA) is 177 Å². The van der Waals surface area contributed by atoms with Gasteiger partial charge in [-0.25, -0.2) is 29.1 Å². The van der Waals surface area contributed by atoms with Crippen molar-refractivity contribution in [3.8, 4) is 21.1 Å². The minimum absolute atomic E-state index is 0.00510. The molecule has 0 spiro atoms. The summed E-state index contributed by atoms with van der Waals surface area (Å²) >= 11 is 2.47. The maximum atomic E-state index is 11.7. The van der Waals surface area contributed by atoms with Gasteiger partial charge >= 0.3 is 24.1 Å². The molecule has 12 nitrogen and oxygen atoms in total. The number of amides is 2. The van der Waals surface area contributed by atoms with E-state index < -0.39 is 35.3 Å². The maximum absolute atomic E-state index is 11.7. The smallest absolute Gasteiger partial charge is 0.412 e. The van der Waals surface area contributed by atoms with E-state index in [1.807, 2.05) is 27.7 Å². The highest BCUT2D eigenvalue weighted by Crippen LogP contribution is 2.27. The number of ether oxygens (including phenoxy) is 2. The van der Waals surface area contributed by atoms with Crippen LogP contribution in [0, 0.1) is 0 Å². The van der Waals surface area contributed by atoms with Crippen molar-refractivity contribution in [1.82, 2.24) is 9.97 Å². The first-order valence-corrected chi connectivity index (χ1v) is 16.8. The first kappa shape index (κ1) is 41.2. The summed E-state index contributed by atoms with van der Waals surface area (Å²) in [7, 11) is 0. The number of thiazole rings is 2. The molecular weight excluding hydrogens is 657 g/mol. The number of nitrogens with zero attached hydrogens (tertiary/aromatic N) is 2. The van der Waals surface area contributed by atoms with Gasteiger partial charge in [0.1, 0.15) is 21.2 Å². The van der Waals surface area contributed by atoms with Crippen molar-refractivity contribution in [3.05, 3.63) is 70.7 Å². The average molecular weight is 701 g/mol. The van der Waals surface area contributed by atoms with Crippen molar-refractivity contribution in [2.24, 2.45) is 0 Å². The predicted molar refractivity (Wildman–Crippen MR) is 191 cm³/mol. The Labute approximate surface area is 289 Å². The minimum atomic E-state index is -1.06. The fourth-order valence-electron chi connectivity index (χ4n) is 3.31. The molecule has 4 N–H and O–H groups in total. The number of nitrogens with one attached hydrogen (secondary N) is 2. The number of aromatic carboxylic acids is 2. The zero-order chi connectivity index (χ0) is 36.7. The van der Waals surface area contributed by atoms with Crippen molar-refractivity contribution >= 4 is 58.2 Å². The first-order chi connectivity index (χ1) is 22.5. The molecule has 48 heavy (non-hydrogen) atoms. The third-order valence-electron chi connectivity index (χ3n) is 4.96. The highest BCUT2D eigenvalue weighted by molar-refractivity contribution is 7.13. The molecule has 0 saturated heterocycles. The second-order valence-corrected chi connectivity index (χ2v) is 12.8. The van der Waals surface area contributed by atoms with Gasteiger partial charge in [-0.3, -0.25) is 10.6 Å². The van der Waals surface area contributed by atoms with E-state index in [2.05, 4.69) is 20.6 Å². The zero-order valence-electron chi connectivity index (χ0n) is 28.8. The molecule has 2 aromatic carbocycles. The second-order valence-electron chi connectivity index (χ2n) is 11.1. The molecule has 0 saturated carbocycles. The summed E-state index contributed by atoms with van der Waals surface area (Å²) in [5.41, 5.74) is 1.42. The monoisotopic (exact) mass is 700 g/mol. The Morgan fingerprint density at radius 1 is 0.625 bits per heavy atom. The van der Waals surface area contributed by atoms with Gasteiger partial charge in [0, 0.05) is 33.3 Å². The number of carboxylic acid groups (broad SMARTS) is 2. The van der Waals surface area contributed by atoms with Crippen LogP contribution in [0.5, 0.6) is 0 Å². The van der Waals surface area contributed by atoms with Crippen molar-refractivity contribution < 1.29 is 38.9 Å². The third kappa shape index (κ3) is 14.7. The van der Waals surface area contributed by atoms with Crippen molar-refractivity contribution in [3.63, 3.8) is 0 Å². The van der Waals surface area contributed by atoms with Crippen molar-refractivity contribution in [1.29, 1.82) is 0 Å². The van der Waals surface area contributed by atoms with Gasteiger partial charge < -0.3 is 19.7 Å². The van der Waals surface area contributed by atoms with Crippen molar-refractivity contribution in [2.45, 2.75) is 80.4 Å². The highest BCUT2D eigenvalue weighted by Gasteiger charge is 2.18. The summed E-state index contributed by atoms with van der Waals surface area (Å²) < 4.78 is 10.4. The predicted octanol–water partition coefficient (Wildman–Crippen LogP) is 9.76. The van der Waals surface area contributed by atoms with Crippen LogP contribution in [0.15, 0.2) is 59.3 Å². The summed E-state index contributed by atoms with van der Waals surface area (Å²) in [4.78, 5) is 53.3. The van der Waals surface area contributed by atoms with Crippen LogP contribution in [0.1, 0.15) is 90.2 Å². The van der Waals surface area contributed by atoms with Gasteiger partial charge in [0.25, 0.3) is 0 Å². The fraction of sp³-hybridized carbons (Fsp3) is 0.353. The minimum Gasteiger partial charge on any atom is -0.476 e. The van der Waals surface area contributed by atoms with Gasteiger partial charge in [0.2, 0.25) is 0 Å². The van der Waals surface area contributed by atoms with E-state index in [0.29, 0.717) is 21.4 Å². The Bertz CT molecular complexity index is 1530. The van der Waals surface area contributed by atoms with Crippen LogP contribution in [-0.2, 0) is 9.47 Å². The number of rotatable bonds is 6. The highest BCUT2D eigenvalue weighted by atomic mass is 32.1. The summed E-state index contributed by atoms with van der Waals surface area (Å²) in [6.07, 6.45) is -1.09. The van der Waals surface area contributed by atoms with Crippen LogP contribution < -0.4 is 10.6 Å². The molecule has 0 aliphatic carbocycles. The standard InChI is InChI=1S/2C15H16N2O4S.2C2H6/c2*1-15(2,3)21-14(20)16-10-6-4-5-9(7-10)12-17-11(8-22-12)13(18)19;2*1-2/h2*4-8H,1-3H3,(H,16,20)(H,18,19);2*1-2H3. The maximum Gasteiger partial charge on any atom is 0.412 e. The lowest BCUT2D eigenvalue weighted by Crippen LogP contribution is -2.27. The fourth-order valence-corrected chi connectivity index (χ4v) is 4.89. The number of aromatic nitrogens is 2. The largest absolute Gasteiger partial charge is 0.476 e. The van der Waals surface area contributed by atoms with Crippen LogP contribution >= 0.6 is 22.7 Å². The Hall–Kier alpha value is -4.82. The number of carbonyl (C=O) groups excluding carboxylic acids is 2. The van der Waals surface area contributed by atoms with Crippen LogP contribution in [0.3, 0.4) is 0 Å². The summed E-state index contributed by atoms with van der Waals surface area (Å²) in [6.45, 7) is 18.7. The summed E-state index contributed by atoms with van der Waals surface area (Å²) in [5, 5.41) is 27.2. The Morgan fingerprint density at radius 2 is 0.958 bits per heavy atom. The van der Waals surface area contributed by atoms with Crippen LogP contribution in [0.25, 0.3) is 21.1 Å². The molecule has 4 aromatic rings. The Kier molecular flexibility index (Phi) is 16.4. The molecule has 260 valence electrons. The van der Waals surface area contributed by atoms with Gasteiger partial charge in [-0.15, -0.1) is 22.7 Å². The molecule has 0 aliphatic heterocycles. The van der Waals surface area contributed by atoms with Crippen LogP contribution in [-0.4, -0.2) is 55.5 Å². The normalized spacial score (nSPS) is 10.4. The molecule has 0 aliphatic rings. The molecule has 2 amide bonds. The first-order valence-electron chi connectivity index (χ1n) is 15.1. The molecule has 0 atom stereocenters. The zero-order valence-corrected chi connectivity index (χ0v) is 30.5. The van der Waals surface area contributed by atoms with E-state index in [-0.39, 0.29) is 11.4 Å². The molecule has 2 aromatic heterocycles. The molecule has 0 unspecified atom stereocenters. The Balaban J connectivity index is 0.000000435. The van der Waals surface area contributed by atoms with Gasteiger partial charge in [0.05, 0.1) is 0 Å².